The summed E-state index contributed by atoms with van der Waals surface area (Å²) >= 11 is 12.9. The van der Waals surface area contributed by atoms with E-state index in [0.29, 0.717) is 18.4 Å². The lowest BCUT2D eigenvalue weighted by Gasteiger charge is -2.33. The molecule has 9 heteroatoms. The first kappa shape index (κ1) is 22.1. The fraction of sp³-hybridized carbons (Fsp3) is 0.500. The normalized spacial score (nSPS) is 21.9. The van der Waals surface area contributed by atoms with Crippen molar-refractivity contribution in [3.63, 3.8) is 0 Å². The molecule has 2 aliphatic rings. The van der Waals surface area contributed by atoms with Crippen LogP contribution in [0.2, 0.25) is 10.0 Å². The minimum absolute atomic E-state index is 0.00538. The molecule has 3 rings (SSSR count). The number of carbonyl (C=O) groups is 2. The van der Waals surface area contributed by atoms with Gasteiger partial charge in [0.2, 0.25) is 0 Å². The highest BCUT2D eigenvalue weighted by atomic mass is 35.5. The zero-order chi connectivity index (χ0) is 21.6. The van der Waals surface area contributed by atoms with Gasteiger partial charge in [-0.05, 0) is 42.5 Å². The average molecular weight is 460 g/mol. The van der Waals surface area contributed by atoms with Crippen molar-refractivity contribution in [1.29, 1.82) is 0 Å². The minimum Gasteiger partial charge on any atom is -0.463 e. The molecule has 0 aliphatic heterocycles. The Balaban J connectivity index is 2.11. The lowest BCUT2D eigenvalue weighted by atomic mass is 9.70. The van der Waals surface area contributed by atoms with Crippen LogP contribution in [-0.2, 0) is 25.8 Å². The van der Waals surface area contributed by atoms with Crippen LogP contribution in [0.25, 0.3) is 5.57 Å². The molecule has 2 aliphatic carbocycles. The Hall–Kier alpha value is -1.57. The van der Waals surface area contributed by atoms with Crippen LogP contribution in [0.4, 0.5) is 0 Å². The number of primary amides is 1. The van der Waals surface area contributed by atoms with Gasteiger partial charge in [0.05, 0.1) is 10.8 Å². The lowest BCUT2D eigenvalue weighted by molar-refractivity contribution is -0.121. The third-order valence-corrected chi connectivity index (χ3v) is 8.34. The molecule has 29 heavy (non-hydrogen) atoms. The summed E-state index contributed by atoms with van der Waals surface area (Å²) in [5.41, 5.74) is 5.61. The van der Waals surface area contributed by atoms with E-state index >= 15 is 0 Å². The molecule has 0 saturated heterocycles. The molecule has 1 unspecified atom stereocenters. The van der Waals surface area contributed by atoms with Crippen molar-refractivity contribution in [2.24, 2.45) is 11.1 Å². The summed E-state index contributed by atoms with van der Waals surface area (Å²) in [6, 6.07) is 1.62. The minimum atomic E-state index is -3.90. The molecule has 0 bridgehead atoms. The second-order valence-corrected chi connectivity index (χ2v) is 10.7. The van der Waals surface area contributed by atoms with Crippen LogP contribution in [0.1, 0.15) is 50.7 Å². The number of rotatable bonds is 7. The molecule has 0 spiro atoms. The van der Waals surface area contributed by atoms with E-state index in [-0.39, 0.29) is 32.7 Å². The van der Waals surface area contributed by atoms with Gasteiger partial charge in [-0.3, -0.25) is 9.59 Å². The van der Waals surface area contributed by atoms with Crippen molar-refractivity contribution in [2.75, 3.05) is 5.75 Å². The Morgan fingerprint density at radius 2 is 2.00 bits per heavy atom. The van der Waals surface area contributed by atoms with Crippen molar-refractivity contribution in [3.05, 3.63) is 33.3 Å². The molecule has 0 radical (unpaired) electrons. The third kappa shape index (κ3) is 3.80. The van der Waals surface area contributed by atoms with Crippen molar-refractivity contribution >= 4 is 50.3 Å². The van der Waals surface area contributed by atoms with Crippen LogP contribution < -0.4 is 10.5 Å². The van der Waals surface area contributed by atoms with Gasteiger partial charge in [0, 0.05) is 17.4 Å². The number of amides is 1. The van der Waals surface area contributed by atoms with E-state index in [1.165, 1.54) is 6.92 Å². The second-order valence-electron chi connectivity index (χ2n) is 7.57. The number of sulfone groups is 1. The topological polar surface area (TPSA) is 104 Å². The first-order valence-electron chi connectivity index (χ1n) is 9.50. The quantitative estimate of drug-likeness (QED) is 0.668. The molecule has 1 aromatic rings. The monoisotopic (exact) mass is 459 g/mol. The Bertz CT molecular complexity index is 1020. The van der Waals surface area contributed by atoms with Crippen molar-refractivity contribution in [2.45, 2.75) is 51.4 Å². The Labute approximate surface area is 180 Å². The highest BCUT2D eigenvalue weighted by Gasteiger charge is 2.45. The van der Waals surface area contributed by atoms with Gasteiger partial charge in [-0.2, -0.15) is 0 Å². The number of benzene rings is 1. The highest BCUT2D eigenvalue weighted by molar-refractivity contribution is 7.92. The van der Waals surface area contributed by atoms with Gasteiger partial charge in [-0.25, -0.2) is 8.42 Å². The summed E-state index contributed by atoms with van der Waals surface area (Å²) in [6.45, 7) is 3.48. The summed E-state index contributed by atoms with van der Waals surface area (Å²) in [7, 11) is -3.90. The van der Waals surface area contributed by atoms with Crippen molar-refractivity contribution in [1.82, 2.24) is 0 Å². The van der Waals surface area contributed by atoms with Gasteiger partial charge in [-0.1, -0.05) is 43.5 Å². The van der Waals surface area contributed by atoms with Gasteiger partial charge in [-0.15, -0.1) is 0 Å². The van der Waals surface area contributed by atoms with E-state index in [1.807, 2.05) is 0 Å². The van der Waals surface area contributed by atoms with Crippen molar-refractivity contribution in [3.8, 4) is 5.75 Å². The largest absolute Gasteiger partial charge is 0.463 e. The number of halogens is 2. The second kappa shape index (κ2) is 7.93. The number of allylic oxidation sites excluding steroid dienone is 2. The van der Waals surface area contributed by atoms with Crippen molar-refractivity contribution < 1.29 is 22.7 Å². The number of fused-ring (bicyclic) bond motifs is 3. The molecule has 6 nitrogen and oxygen atoms in total. The summed E-state index contributed by atoms with van der Waals surface area (Å²) in [5.74, 6) is -1.39. The number of nitrogens with two attached hydrogens (primary N) is 1. The van der Waals surface area contributed by atoms with Crippen LogP contribution >= 0.6 is 23.2 Å². The molecule has 0 aromatic heterocycles. The van der Waals surface area contributed by atoms with E-state index in [1.54, 1.807) is 12.1 Å². The summed E-state index contributed by atoms with van der Waals surface area (Å²) in [6.07, 6.45) is 5.32. The Morgan fingerprint density at radius 1 is 1.31 bits per heavy atom. The maximum Gasteiger partial charge on any atom is 0.275 e. The molecule has 0 saturated carbocycles. The Kier molecular flexibility index (Phi) is 6.05. The van der Waals surface area contributed by atoms with Gasteiger partial charge >= 0.3 is 0 Å². The predicted octanol–water partition coefficient (Wildman–Crippen LogP) is 3.71. The van der Waals surface area contributed by atoms with E-state index in [2.05, 4.69) is 6.92 Å². The van der Waals surface area contributed by atoms with Gasteiger partial charge < -0.3 is 10.5 Å². The summed E-state index contributed by atoms with van der Waals surface area (Å²) in [4.78, 5) is 23.8. The smallest absolute Gasteiger partial charge is 0.275 e. The van der Waals surface area contributed by atoms with E-state index in [4.69, 9.17) is 33.7 Å². The zero-order valence-corrected chi connectivity index (χ0v) is 18.6. The van der Waals surface area contributed by atoms with E-state index in [0.717, 1.165) is 30.4 Å². The van der Waals surface area contributed by atoms with Crippen LogP contribution in [-0.4, -0.2) is 31.3 Å². The molecule has 158 valence electrons. The van der Waals surface area contributed by atoms with Crippen LogP contribution in [0.3, 0.4) is 0 Å². The Morgan fingerprint density at radius 3 is 2.59 bits per heavy atom. The maximum absolute atomic E-state index is 12.2. The predicted molar refractivity (Wildman–Crippen MR) is 113 cm³/mol. The first-order chi connectivity index (χ1) is 13.6. The molecule has 1 aromatic carbocycles. The van der Waals surface area contributed by atoms with Crippen LogP contribution in [0.15, 0.2) is 12.1 Å². The van der Waals surface area contributed by atoms with Gasteiger partial charge in [0.15, 0.2) is 15.6 Å². The summed E-state index contributed by atoms with van der Waals surface area (Å²) < 4.78 is 29.9. The average Bonchev–Trinajstić information content (AvgIpc) is 2.96. The number of ketones is 1. The zero-order valence-electron chi connectivity index (χ0n) is 16.3. The number of ether oxygens (including phenoxy) is 1. The molecule has 0 fully saturated rings. The third-order valence-electron chi connectivity index (χ3n) is 5.70. The number of hydrogen-bond acceptors (Lipinski definition) is 5. The fourth-order valence-corrected chi connectivity index (χ4v) is 5.76. The highest BCUT2D eigenvalue weighted by Crippen LogP contribution is 2.58. The number of hydrogen-bond donors (Lipinski definition) is 1. The lowest BCUT2D eigenvalue weighted by Crippen LogP contribution is -2.41. The molecule has 2 atom stereocenters. The molecule has 2 N–H and O–H groups in total. The van der Waals surface area contributed by atoms with Crippen LogP contribution in [0, 0.1) is 5.41 Å². The molecule has 0 heterocycles. The molecular formula is C20H23Cl2NO5S. The standard InChI is InChI=1S/C20H23Cl2NO5S/c1-3-6-20-7-5-12(24)9-13(20)15-11(10-20)8-14(16(21)17(15)22)28-19(18(23)25)29(26,27)4-2/h8-9,19H,3-7,10H2,1-2H3,(H2,23,25)/t19-,20?/m1/s1. The molecular weight excluding hydrogens is 437 g/mol. The number of carbonyl (C=O) groups excluding carboxylic acids is 2. The van der Waals surface area contributed by atoms with E-state index < -0.39 is 21.2 Å². The van der Waals surface area contributed by atoms with Gasteiger partial charge in [0.25, 0.3) is 11.3 Å². The summed E-state index contributed by atoms with van der Waals surface area (Å²) in [5, 5.41) is 0.185. The fourth-order valence-electron chi connectivity index (χ4n) is 4.34. The van der Waals surface area contributed by atoms with E-state index in [9.17, 15) is 18.0 Å². The van der Waals surface area contributed by atoms with Crippen LogP contribution in [0.5, 0.6) is 5.75 Å². The first-order valence-corrected chi connectivity index (χ1v) is 12.0. The maximum atomic E-state index is 12.2. The van der Waals surface area contributed by atoms with Gasteiger partial charge in [0.1, 0.15) is 10.8 Å². The molecule has 1 amide bonds. The SMILES string of the molecule is CCCC12CCC(=O)C=C1c1c(cc(O[C@@H](C(N)=O)S(=O)(=O)CC)c(Cl)c1Cl)C2.